The Morgan fingerprint density at radius 2 is 2.06 bits per heavy atom. The molecule has 2 heterocycles. The van der Waals surface area contributed by atoms with Crippen LogP contribution < -0.4 is 5.73 Å². The summed E-state index contributed by atoms with van der Waals surface area (Å²) < 4.78 is 0. The van der Waals surface area contributed by atoms with Gasteiger partial charge in [-0.05, 0) is 17.5 Å². The Bertz CT molecular complexity index is 537. The maximum absolute atomic E-state index is 5.58. The lowest BCUT2D eigenvalue weighted by Crippen LogP contribution is -2.32. The van der Waals surface area contributed by atoms with Crippen LogP contribution in [0.2, 0.25) is 0 Å². The second kappa shape index (κ2) is 5.04. The molecule has 3 rings (SSSR count). The molecule has 0 aliphatic carbocycles. The minimum Gasteiger partial charge on any atom is -0.374 e. The fourth-order valence-corrected chi connectivity index (χ4v) is 2.96. The van der Waals surface area contributed by atoms with Crippen molar-refractivity contribution in [1.29, 1.82) is 0 Å². The minimum atomic E-state index is 0.564. The standard InChI is InChI=1S/C13H16N4S/c14-13-16-15-12(18-13)6-8-17-7-5-10-3-1-2-4-11(10)9-17/h1-4H,5-9H2,(H2,14,16). The molecule has 2 aromatic rings. The van der Waals surface area contributed by atoms with Crippen LogP contribution in [-0.2, 0) is 19.4 Å². The molecular formula is C13H16N4S. The van der Waals surface area contributed by atoms with Crippen molar-refractivity contribution in [3.05, 3.63) is 40.4 Å². The number of nitrogens with zero attached hydrogens (tertiary/aromatic N) is 3. The summed E-state index contributed by atoms with van der Waals surface area (Å²) >= 11 is 1.49. The molecule has 0 amide bonds. The number of benzene rings is 1. The molecule has 1 aromatic carbocycles. The van der Waals surface area contributed by atoms with Gasteiger partial charge in [-0.2, -0.15) is 0 Å². The highest BCUT2D eigenvalue weighted by molar-refractivity contribution is 7.15. The van der Waals surface area contributed by atoms with Gasteiger partial charge in [0.25, 0.3) is 0 Å². The normalized spacial score (nSPS) is 15.6. The van der Waals surface area contributed by atoms with E-state index in [9.17, 15) is 0 Å². The Hall–Kier alpha value is -1.46. The maximum atomic E-state index is 5.58. The molecule has 0 saturated carbocycles. The van der Waals surface area contributed by atoms with Crippen molar-refractivity contribution in [2.24, 2.45) is 0 Å². The quantitative estimate of drug-likeness (QED) is 0.913. The van der Waals surface area contributed by atoms with E-state index in [1.807, 2.05) is 0 Å². The van der Waals surface area contributed by atoms with Gasteiger partial charge in [0, 0.05) is 26.1 Å². The van der Waals surface area contributed by atoms with E-state index >= 15 is 0 Å². The zero-order valence-corrected chi connectivity index (χ0v) is 11.0. The molecule has 94 valence electrons. The monoisotopic (exact) mass is 260 g/mol. The largest absolute Gasteiger partial charge is 0.374 e. The van der Waals surface area contributed by atoms with Gasteiger partial charge in [-0.15, -0.1) is 10.2 Å². The first kappa shape index (κ1) is 11.6. The van der Waals surface area contributed by atoms with Gasteiger partial charge in [-0.3, -0.25) is 4.90 Å². The highest BCUT2D eigenvalue weighted by Gasteiger charge is 2.15. The predicted molar refractivity (Wildman–Crippen MR) is 73.4 cm³/mol. The topological polar surface area (TPSA) is 55.0 Å². The van der Waals surface area contributed by atoms with E-state index in [1.54, 1.807) is 0 Å². The van der Waals surface area contributed by atoms with E-state index in [0.29, 0.717) is 5.13 Å². The van der Waals surface area contributed by atoms with Gasteiger partial charge in [-0.1, -0.05) is 35.6 Å². The summed E-state index contributed by atoms with van der Waals surface area (Å²) in [6.45, 7) is 3.21. The van der Waals surface area contributed by atoms with Gasteiger partial charge in [-0.25, -0.2) is 0 Å². The summed E-state index contributed by atoms with van der Waals surface area (Å²) in [6.07, 6.45) is 2.09. The lowest BCUT2D eigenvalue weighted by atomic mass is 10.00. The first-order valence-electron chi connectivity index (χ1n) is 6.18. The van der Waals surface area contributed by atoms with Gasteiger partial charge in [0.2, 0.25) is 5.13 Å². The fourth-order valence-electron chi connectivity index (χ4n) is 2.37. The number of nitrogen functional groups attached to an aromatic ring is 1. The maximum Gasteiger partial charge on any atom is 0.203 e. The summed E-state index contributed by atoms with van der Waals surface area (Å²) in [7, 11) is 0. The average Bonchev–Trinajstić information content (AvgIpc) is 2.82. The lowest BCUT2D eigenvalue weighted by Gasteiger charge is -2.28. The minimum absolute atomic E-state index is 0.564. The van der Waals surface area contributed by atoms with Gasteiger partial charge < -0.3 is 5.73 Å². The van der Waals surface area contributed by atoms with Crippen LogP contribution in [0.25, 0.3) is 0 Å². The Morgan fingerprint density at radius 3 is 2.83 bits per heavy atom. The zero-order chi connectivity index (χ0) is 12.4. The molecule has 1 aliphatic heterocycles. The molecule has 18 heavy (non-hydrogen) atoms. The van der Waals surface area contributed by atoms with Crippen molar-refractivity contribution >= 4 is 16.5 Å². The van der Waals surface area contributed by atoms with Crippen LogP contribution in [0.3, 0.4) is 0 Å². The number of aromatic nitrogens is 2. The van der Waals surface area contributed by atoms with E-state index < -0.39 is 0 Å². The molecule has 1 aliphatic rings. The molecule has 2 N–H and O–H groups in total. The van der Waals surface area contributed by atoms with Gasteiger partial charge >= 0.3 is 0 Å². The van der Waals surface area contributed by atoms with Crippen molar-refractivity contribution in [3.8, 4) is 0 Å². The van der Waals surface area contributed by atoms with Crippen LogP contribution in [0, 0.1) is 0 Å². The molecule has 0 radical (unpaired) electrons. The number of fused-ring (bicyclic) bond motifs is 1. The summed E-state index contributed by atoms with van der Waals surface area (Å²) in [5, 5.41) is 9.50. The van der Waals surface area contributed by atoms with E-state index in [1.165, 1.54) is 22.5 Å². The van der Waals surface area contributed by atoms with Crippen molar-refractivity contribution in [3.63, 3.8) is 0 Å². The number of rotatable bonds is 3. The van der Waals surface area contributed by atoms with Crippen molar-refractivity contribution in [2.45, 2.75) is 19.4 Å². The third-order valence-corrected chi connectivity index (χ3v) is 4.15. The van der Waals surface area contributed by atoms with Crippen LogP contribution >= 0.6 is 11.3 Å². The first-order chi connectivity index (χ1) is 8.81. The molecule has 0 atom stereocenters. The van der Waals surface area contributed by atoms with Crippen molar-refractivity contribution in [2.75, 3.05) is 18.8 Å². The Labute approximate surface area is 110 Å². The molecule has 0 unspecified atom stereocenters. The van der Waals surface area contributed by atoms with E-state index in [4.69, 9.17) is 5.73 Å². The van der Waals surface area contributed by atoms with Crippen LogP contribution in [0.4, 0.5) is 5.13 Å². The molecule has 0 spiro atoms. The number of nitrogens with two attached hydrogens (primary N) is 1. The van der Waals surface area contributed by atoms with Crippen molar-refractivity contribution < 1.29 is 0 Å². The highest BCUT2D eigenvalue weighted by Crippen LogP contribution is 2.19. The van der Waals surface area contributed by atoms with Crippen LogP contribution in [-0.4, -0.2) is 28.2 Å². The fraction of sp³-hybridized carbons (Fsp3) is 0.385. The molecule has 5 heteroatoms. The summed E-state index contributed by atoms with van der Waals surface area (Å²) in [4.78, 5) is 2.47. The van der Waals surface area contributed by atoms with Gasteiger partial charge in [0.1, 0.15) is 5.01 Å². The Kier molecular flexibility index (Phi) is 3.25. The second-order valence-corrected chi connectivity index (χ2v) is 5.67. The van der Waals surface area contributed by atoms with Gasteiger partial charge in [0.15, 0.2) is 0 Å². The van der Waals surface area contributed by atoms with E-state index in [2.05, 4.69) is 39.4 Å². The van der Waals surface area contributed by atoms with E-state index in [0.717, 1.165) is 37.5 Å². The lowest BCUT2D eigenvalue weighted by molar-refractivity contribution is 0.257. The summed E-state index contributed by atoms with van der Waals surface area (Å²) in [5.41, 5.74) is 8.54. The highest BCUT2D eigenvalue weighted by atomic mass is 32.1. The molecule has 0 bridgehead atoms. The zero-order valence-electron chi connectivity index (χ0n) is 10.2. The molecule has 0 saturated heterocycles. The SMILES string of the molecule is Nc1nnc(CCN2CCc3ccccc3C2)s1. The summed E-state index contributed by atoms with van der Waals surface area (Å²) in [5.74, 6) is 0. The molecule has 1 aromatic heterocycles. The average molecular weight is 260 g/mol. The summed E-state index contributed by atoms with van der Waals surface area (Å²) in [6, 6.07) is 8.70. The van der Waals surface area contributed by atoms with Crippen LogP contribution in [0.1, 0.15) is 16.1 Å². The Balaban J connectivity index is 1.59. The van der Waals surface area contributed by atoms with Crippen LogP contribution in [0.15, 0.2) is 24.3 Å². The second-order valence-electron chi connectivity index (χ2n) is 4.58. The number of hydrogen-bond donors (Lipinski definition) is 1. The molecular weight excluding hydrogens is 244 g/mol. The molecule has 4 nitrogen and oxygen atoms in total. The first-order valence-corrected chi connectivity index (χ1v) is 7.00. The number of hydrogen-bond acceptors (Lipinski definition) is 5. The smallest absolute Gasteiger partial charge is 0.203 e. The number of anilines is 1. The third-order valence-electron chi connectivity index (χ3n) is 3.33. The van der Waals surface area contributed by atoms with E-state index in [-0.39, 0.29) is 0 Å². The van der Waals surface area contributed by atoms with Gasteiger partial charge in [0.05, 0.1) is 0 Å². The molecule has 0 fully saturated rings. The Morgan fingerprint density at radius 1 is 1.22 bits per heavy atom. The third kappa shape index (κ3) is 2.52. The van der Waals surface area contributed by atoms with Crippen LogP contribution in [0.5, 0.6) is 0 Å². The predicted octanol–water partition coefficient (Wildman–Crippen LogP) is 1.72. The van der Waals surface area contributed by atoms with Crippen molar-refractivity contribution in [1.82, 2.24) is 15.1 Å².